The summed E-state index contributed by atoms with van der Waals surface area (Å²) in [5.74, 6) is 0.766. The van der Waals surface area contributed by atoms with Gasteiger partial charge in [-0.15, -0.1) is 0 Å². The van der Waals surface area contributed by atoms with E-state index in [9.17, 15) is 9.59 Å². The Morgan fingerprint density at radius 3 is 2.62 bits per heavy atom. The zero-order valence-corrected chi connectivity index (χ0v) is 14.2. The van der Waals surface area contributed by atoms with Crippen molar-refractivity contribution in [2.45, 2.75) is 6.92 Å². The van der Waals surface area contributed by atoms with Gasteiger partial charge in [-0.3, -0.25) is 10.2 Å². The Morgan fingerprint density at radius 1 is 1.04 bits per heavy atom. The topological polar surface area (TPSA) is 92.6 Å². The molecule has 7 heteroatoms. The number of benzene rings is 2. The second-order valence-electron chi connectivity index (χ2n) is 5.58. The highest BCUT2D eigenvalue weighted by Crippen LogP contribution is 2.20. The molecular weight excluding hydrogens is 334 g/mol. The van der Waals surface area contributed by atoms with Gasteiger partial charge in [-0.05, 0) is 35.9 Å². The smallest absolute Gasteiger partial charge is 0.333 e. The minimum Gasteiger partial charge on any atom is -0.492 e. The van der Waals surface area contributed by atoms with Crippen molar-refractivity contribution in [1.82, 2.24) is 16.2 Å². The number of hydrogen-bond acceptors (Lipinski definition) is 4. The maximum atomic E-state index is 11.8. The van der Waals surface area contributed by atoms with Crippen LogP contribution in [0.3, 0.4) is 0 Å². The fourth-order valence-corrected chi connectivity index (χ4v) is 2.44. The van der Waals surface area contributed by atoms with Crippen molar-refractivity contribution in [3.63, 3.8) is 0 Å². The summed E-state index contributed by atoms with van der Waals surface area (Å²) in [4.78, 5) is 23.5. The first-order valence-electron chi connectivity index (χ1n) is 8.13. The molecule has 0 aliphatic rings. The maximum absolute atomic E-state index is 11.8. The van der Waals surface area contributed by atoms with E-state index in [4.69, 9.17) is 9.15 Å². The Hall–Kier alpha value is -3.48. The Bertz CT molecular complexity index is 920. The first-order valence-corrected chi connectivity index (χ1v) is 8.13. The number of hydrogen-bond donors (Lipinski definition) is 3. The molecule has 0 unspecified atom stereocenters. The Balaban J connectivity index is 1.38. The summed E-state index contributed by atoms with van der Waals surface area (Å²) in [6, 6.07) is 14.8. The number of carbonyl (C=O) groups is 2. The van der Waals surface area contributed by atoms with Crippen molar-refractivity contribution in [3.05, 3.63) is 66.1 Å². The van der Waals surface area contributed by atoms with Crippen LogP contribution < -0.4 is 20.9 Å². The van der Waals surface area contributed by atoms with Crippen molar-refractivity contribution in [2.24, 2.45) is 0 Å². The largest absolute Gasteiger partial charge is 0.492 e. The molecule has 3 amide bonds. The summed E-state index contributed by atoms with van der Waals surface area (Å²) in [5, 5.41) is 4.82. The van der Waals surface area contributed by atoms with Crippen molar-refractivity contribution >= 4 is 22.7 Å². The molecule has 3 rings (SSSR count). The van der Waals surface area contributed by atoms with E-state index in [0.29, 0.717) is 24.5 Å². The lowest BCUT2D eigenvalue weighted by Crippen LogP contribution is -2.47. The summed E-state index contributed by atoms with van der Waals surface area (Å²) >= 11 is 0. The van der Waals surface area contributed by atoms with Crippen LogP contribution in [0.4, 0.5) is 4.79 Å². The van der Waals surface area contributed by atoms with Crippen LogP contribution in [0.5, 0.6) is 5.75 Å². The summed E-state index contributed by atoms with van der Waals surface area (Å²) in [5.41, 5.74) is 4.94. The second kappa shape index (κ2) is 8.06. The average Bonchev–Trinajstić information content (AvgIpc) is 3.09. The standard InChI is InChI=1S/C19H19N3O4/c1-13-17(8-10-25-13)18(23)21-22-19(24)20-9-11-26-16-7-6-14-4-2-3-5-15(14)12-16/h2-8,10,12H,9,11H2,1H3,(H,21,23)(H2,20,22,24). The number of furan rings is 1. The molecule has 0 radical (unpaired) electrons. The molecule has 0 atom stereocenters. The van der Waals surface area contributed by atoms with Crippen LogP contribution >= 0.6 is 0 Å². The highest BCUT2D eigenvalue weighted by atomic mass is 16.5. The van der Waals surface area contributed by atoms with E-state index in [1.54, 1.807) is 6.92 Å². The molecule has 2 aromatic carbocycles. The summed E-state index contributed by atoms with van der Waals surface area (Å²) < 4.78 is 10.7. The fraction of sp³-hybridized carbons (Fsp3) is 0.158. The highest BCUT2D eigenvalue weighted by molar-refractivity contribution is 5.96. The summed E-state index contributed by atoms with van der Waals surface area (Å²) in [6.07, 6.45) is 1.41. The lowest BCUT2D eigenvalue weighted by Gasteiger charge is -2.10. The minimum absolute atomic E-state index is 0.291. The van der Waals surface area contributed by atoms with Crippen molar-refractivity contribution < 1.29 is 18.7 Å². The van der Waals surface area contributed by atoms with Gasteiger partial charge < -0.3 is 14.5 Å². The monoisotopic (exact) mass is 353 g/mol. The molecule has 0 saturated carbocycles. The van der Waals surface area contributed by atoms with E-state index < -0.39 is 11.9 Å². The van der Waals surface area contributed by atoms with Crippen LogP contribution in [-0.2, 0) is 0 Å². The van der Waals surface area contributed by atoms with Gasteiger partial charge >= 0.3 is 6.03 Å². The van der Waals surface area contributed by atoms with Crippen LogP contribution in [0.15, 0.2) is 59.2 Å². The molecule has 26 heavy (non-hydrogen) atoms. The quantitative estimate of drug-likeness (QED) is 0.486. The number of urea groups is 1. The van der Waals surface area contributed by atoms with Crippen LogP contribution in [0.2, 0.25) is 0 Å². The molecular formula is C19H19N3O4. The highest BCUT2D eigenvalue weighted by Gasteiger charge is 2.11. The van der Waals surface area contributed by atoms with Gasteiger partial charge in [0.15, 0.2) is 0 Å². The van der Waals surface area contributed by atoms with Gasteiger partial charge in [0.25, 0.3) is 5.91 Å². The maximum Gasteiger partial charge on any atom is 0.333 e. The van der Waals surface area contributed by atoms with Crippen LogP contribution in [0.1, 0.15) is 16.1 Å². The first kappa shape index (κ1) is 17.3. The third-order valence-electron chi connectivity index (χ3n) is 3.77. The molecule has 7 nitrogen and oxygen atoms in total. The minimum atomic E-state index is -0.526. The van der Waals surface area contributed by atoms with E-state index in [2.05, 4.69) is 16.2 Å². The predicted octanol–water partition coefficient (Wildman–Crippen LogP) is 2.76. The summed E-state index contributed by atoms with van der Waals surface area (Å²) in [7, 11) is 0. The molecule has 0 saturated heterocycles. The van der Waals surface area contributed by atoms with E-state index in [1.807, 2.05) is 42.5 Å². The Labute approximate surface area is 150 Å². The van der Waals surface area contributed by atoms with E-state index in [0.717, 1.165) is 16.5 Å². The average molecular weight is 353 g/mol. The van der Waals surface area contributed by atoms with Crippen LogP contribution in [-0.4, -0.2) is 25.1 Å². The normalized spacial score (nSPS) is 10.3. The molecule has 0 aliphatic heterocycles. The Morgan fingerprint density at radius 2 is 1.85 bits per heavy atom. The molecule has 0 bridgehead atoms. The van der Waals surface area contributed by atoms with Gasteiger partial charge in [-0.25, -0.2) is 10.2 Å². The molecule has 0 aliphatic carbocycles. The number of nitrogens with one attached hydrogen (secondary N) is 3. The van der Waals surface area contributed by atoms with Gasteiger partial charge in [0, 0.05) is 0 Å². The molecule has 3 N–H and O–H groups in total. The molecule has 0 fully saturated rings. The van der Waals surface area contributed by atoms with Gasteiger partial charge in [0.1, 0.15) is 18.1 Å². The third kappa shape index (κ3) is 4.32. The molecule has 1 aromatic heterocycles. The number of aryl methyl sites for hydroxylation is 1. The van der Waals surface area contributed by atoms with Gasteiger partial charge in [0.05, 0.1) is 18.4 Å². The lowest BCUT2D eigenvalue weighted by atomic mass is 10.1. The first-order chi connectivity index (χ1) is 12.6. The van der Waals surface area contributed by atoms with Gasteiger partial charge in [0.2, 0.25) is 0 Å². The van der Waals surface area contributed by atoms with Crippen molar-refractivity contribution in [3.8, 4) is 5.75 Å². The number of fused-ring (bicyclic) bond motifs is 1. The number of carbonyl (C=O) groups excluding carboxylic acids is 2. The van der Waals surface area contributed by atoms with Crippen LogP contribution in [0.25, 0.3) is 10.8 Å². The van der Waals surface area contributed by atoms with Gasteiger partial charge in [-0.1, -0.05) is 30.3 Å². The second-order valence-corrected chi connectivity index (χ2v) is 5.58. The molecule has 1 heterocycles. The van der Waals surface area contributed by atoms with Crippen molar-refractivity contribution in [2.75, 3.05) is 13.2 Å². The molecule has 0 spiro atoms. The SMILES string of the molecule is Cc1occc1C(=O)NNC(=O)NCCOc1ccc2ccccc2c1. The van der Waals surface area contributed by atoms with E-state index >= 15 is 0 Å². The number of ether oxygens (including phenoxy) is 1. The third-order valence-corrected chi connectivity index (χ3v) is 3.77. The van der Waals surface area contributed by atoms with E-state index in [-0.39, 0.29) is 0 Å². The van der Waals surface area contributed by atoms with Crippen LogP contribution in [0, 0.1) is 6.92 Å². The Kier molecular flexibility index (Phi) is 5.38. The zero-order chi connectivity index (χ0) is 18.4. The van der Waals surface area contributed by atoms with Gasteiger partial charge in [-0.2, -0.15) is 0 Å². The fourth-order valence-electron chi connectivity index (χ4n) is 2.44. The number of amides is 3. The zero-order valence-electron chi connectivity index (χ0n) is 14.2. The molecule has 134 valence electrons. The summed E-state index contributed by atoms with van der Waals surface area (Å²) in [6.45, 7) is 2.26. The number of hydrazine groups is 1. The lowest BCUT2D eigenvalue weighted by molar-refractivity contribution is 0.0934. The molecule has 3 aromatic rings. The van der Waals surface area contributed by atoms with Crippen molar-refractivity contribution in [1.29, 1.82) is 0 Å². The van der Waals surface area contributed by atoms with E-state index in [1.165, 1.54) is 12.3 Å². The predicted molar refractivity (Wildman–Crippen MR) is 96.9 cm³/mol. The number of rotatable bonds is 5.